The van der Waals surface area contributed by atoms with E-state index in [-0.39, 0.29) is 8.45 Å². The fraction of sp³-hybridized carbons (Fsp3) is 0.111. The van der Waals surface area contributed by atoms with E-state index in [1.54, 1.807) is 0 Å². The van der Waals surface area contributed by atoms with Crippen molar-refractivity contribution in [1.29, 1.82) is 0 Å². The molecule has 0 saturated heterocycles. The van der Waals surface area contributed by atoms with E-state index in [2.05, 4.69) is 144 Å². The van der Waals surface area contributed by atoms with Crippen molar-refractivity contribution in [2.75, 3.05) is 0 Å². The summed E-state index contributed by atoms with van der Waals surface area (Å²) >= 11 is -3.94. The zero-order valence-electron chi connectivity index (χ0n) is 22.9. The molecule has 0 saturated carbocycles. The van der Waals surface area contributed by atoms with Crippen molar-refractivity contribution in [3.63, 3.8) is 0 Å². The summed E-state index contributed by atoms with van der Waals surface area (Å²) in [6.07, 6.45) is 4.65. The Hall–Kier alpha value is -3.27. The van der Waals surface area contributed by atoms with Crippen LogP contribution >= 0.6 is 18.6 Å². The summed E-state index contributed by atoms with van der Waals surface area (Å²) < 4.78 is 4.63. The van der Waals surface area contributed by atoms with Crippen LogP contribution in [0.4, 0.5) is 0 Å². The van der Waals surface area contributed by atoms with E-state index < -0.39 is 14.5 Å². The van der Waals surface area contributed by atoms with Crippen molar-refractivity contribution < 1.29 is 14.5 Å². The van der Waals surface area contributed by atoms with E-state index in [4.69, 9.17) is 18.6 Å². The van der Waals surface area contributed by atoms with Crippen LogP contribution in [0.5, 0.6) is 0 Å². The molecule has 8 rings (SSSR count). The van der Waals surface area contributed by atoms with Gasteiger partial charge in [0.2, 0.25) is 0 Å². The van der Waals surface area contributed by atoms with Crippen molar-refractivity contribution in [2.24, 2.45) is 0 Å². The van der Waals surface area contributed by atoms with Crippen molar-refractivity contribution in [3.05, 3.63) is 143 Å². The fourth-order valence-corrected chi connectivity index (χ4v) is 15.6. The predicted molar refractivity (Wildman–Crippen MR) is 172 cm³/mol. The van der Waals surface area contributed by atoms with Gasteiger partial charge in [0.05, 0.1) is 0 Å². The third-order valence-electron chi connectivity index (χ3n) is 8.89. The molecule has 2 atom stereocenters. The molecule has 6 aromatic rings. The molecule has 2 aliphatic rings. The summed E-state index contributed by atoms with van der Waals surface area (Å²) in [7, 11) is 16.2. The van der Waals surface area contributed by atoms with E-state index >= 15 is 0 Å². The summed E-state index contributed by atoms with van der Waals surface area (Å²) in [5, 5.41) is 2.45. The van der Waals surface area contributed by atoms with Crippen LogP contribution in [-0.2, 0) is 14.5 Å². The first-order valence-corrected chi connectivity index (χ1v) is 20.2. The molecule has 4 aromatic carbocycles. The molecule has 0 aliphatic heterocycles. The zero-order chi connectivity index (χ0) is 27.9. The molecule has 5 heteroatoms. The quantitative estimate of drug-likeness (QED) is 0.177. The van der Waals surface area contributed by atoms with Crippen molar-refractivity contribution in [3.8, 4) is 0 Å². The molecule has 0 fully saturated rings. The predicted octanol–water partition coefficient (Wildman–Crippen LogP) is 10.5. The second-order valence-corrected chi connectivity index (χ2v) is 21.2. The Morgan fingerprint density at radius 1 is 0.537 bits per heavy atom. The summed E-state index contributed by atoms with van der Waals surface area (Å²) in [6, 6.07) is 39.0. The molecule has 2 heterocycles. The maximum absolute atomic E-state index is 8.08. The molecule has 2 nitrogen and oxygen atoms in total. The molecule has 2 aliphatic carbocycles. The molecule has 2 aromatic heterocycles. The average Bonchev–Trinajstić information content (AvgIpc) is 3.71. The van der Waals surface area contributed by atoms with Crippen LogP contribution in [0, 0.1) is 13.8 Å². The number of rotatable bonds is 4. The Kier molecular flexibility index (Phi) is 5.82. The van der Waals surface area contributed by atoms with E-state index in [0.29, 0.717) is 0 Å². The van der Waals surface area contributed by atoms with E-state index in [0.717, 1.165) is 0 Å². The number of allylic oxidation sites excluding steroid dienone is 2. The Morgan fingerprint density at radius 3 is 1.39 bits per heavy atom. The molecule has 0 bridgehead atoms. The summed E-state index contributed by atoms with van der Waals surface area (Å²) in [5.74, 6) is 0. The van der Waals surface area contributed by atoms with Crippen LogP contribution in [-0.4, -0.2) is 9.13 Å². The van der Waals surface area contributed by atoms with Crippen LogP contribution in [0.1, 0.15) is 42.1 Å². The number of hydrogen-bond donors (Lipinski definition) is 0. The molecule has 0 spiro atoms. The van der Waals surface area contributed by atoms with Gasteiger partial charge in [-0.3, -0.25) is 0 Å². The minimum atomic E-state index is -3.94. The van der Waals surface area contributed by atoms with Gasteiger partial charge in [0.1, 0.15) is 0 Å². The third kappa shape index (κ3) is 3.75. The van der Waals surface area contributed by atoms with Crippen molar-refractivity contribution in [2.45, 2.75) is 22.3 Å². The van der Waals surface area contributed by atoms with Gasteiger partial charge < -0.3 is 0 Å². The van der Waals surface area contributed by atoms with Crippen LogP contribution in [0.25, 0.3) is 45.4 Å². The van der Waals surface area contributed by atoms with Crippen molar-refractivity contribution >= 4 is 64.0 Å². The first-order valence-electron chi connectivity index (χ1n) is 14.1. The molecule has 0 radical (unpaired) electrons. The molecular weight excluding hydrogens is 579 g/mol. The van der Waals surface area contributed by atoms with Crippen LogP contribution in [0.15, 0.2) is 109 Å². The number of fused-ring (bicyclic) bond motifs is 4. The monoisotopic (exact) mass is 606 g/mol. The summed E-state index contributed by atoms with van der Waals surface area (Å²) in [5.41, 5.74) is 12.0. The molecule has 0 amide bonds. The molecule has 2 unspecified atom stereocenters. The molecule has 200 valence electrons. The van der Waals surface area contributed by atoms with E-state index in [9.17, 15) is 0 Å². The second-order valence-electron chi connectivity index (χ2n) is 11.3. The van der Waals surface area contributed by atoms with Gasteiger partial charge >= 0.3 is 253 Å². The summed E-state index contributed by atoms with van der Waals surface area (Å²) in [4.78, 5) is 0. The molecule has 41 heavy (non-hydrogen) atoms. The second kappa shape index (κ2) is 9.38. The number of benzene rings is 4. The first kappa shape index (κ1) is 25.4. The standard InChI is InChI=1S/2C18H14N.2ClH.Ti/c2*1-13-10-16-8-4-5-9-18(16)19(13)17-11-14-6-2-3-7-15(14)12-17;;;/h2*2-12H,1H3;2*1H;/q;;;;+2/p-2. The SMILES string of the molecule is Cc1cc2ccccc2n1C1=Cc2ccccc2[CH]1[Ti]([Cl])([Cl])[CH]1C(n2c(C)cc3ccccc32)=Cc2ccccc21. The zero-order valence-corrected chi connectivity index (χ0v) is 25.9. The van der Waals surface area contributed by atoms with Crippen molar-refractivity contribution in [1.82, 2.24) is 9.13 Å². The number of halogens is 2. The van der Waals surface area contributed by atoms with Gasteiger partial charge in [-0.1, -0.05) is 0 Å². The average molecular weight is 607 g/mol. The number of para-hydroxylation sites is 2. The van der Waals surface area contributed by atoms with Crippen LogP contribution in [0.2, 0.25) is 0 Å². The third-order valence-corrected chi connectivity index (χ3v) is 16.8. The number of nitrogens with zero attached hydrogens (tertiary/aromatic N) is 2. The Balaban J connectivity index is 1.37. The Bertz CT molecular complexity index is 1930. The first-order chi connectivity index (χ1) is 19.9. The topological polar surface area (TPSA) is 9.86 Å². The van der Waals surface area contributed by atoms with Gasteiger partial charge in [-0.15, -0.1) is 0 Å². The Morgan fingerprint density at radius 2 is 0.927 bits per heavy atom. The van der Waals surface area contributed by atoms with E-state index in [1.165, 1.54) is 66.8 Å². The normalized spacial score (nSPS) is 18.0. The molecular formula is C36H28Cl2N2Ti. The fourth-order valence-electron chi connectivity index (χ4n) is 7.25. The van der Waals surface area contributed by atoms with Crippen LogP contribution < -0.4 is 0 Å². The van der Waals surface area contributed by atoms with Gasteiger partial charge in [0, 0.05) is 0 Å². The Labute approximate surface area is 251 Å². The van der Waals surface area contributed by atoms with Gasteiger partial charge in [0.25, 0.3) is 0 Å². The number of aryl methyl sites for hydroxylation is 2. The number of aromatic nitrogens is 2. The minimum absolute atomic E-state index is 0.0780. The number of hydrogen-bond acceptors (Lipinski definition) is 0. The van der Waals surface area contributed by atoms with E-state index in [1.807, 2.05) is 0 Å². The van der Waals surface area contributed by atoms with Gasteiger partial charge in [-0.2, -0.15) is 0 Å². The maximum atomic E-state index is 8.08. The van der Waals surface area contributed by atoms with Crippen LogP contribution in [0.3, 0.4) is 0 Å². The molecule has 0 N–H and O–H groups in total. The van der Waals surface area contributed by atoms with Gasteiger partial charge in [-0.05, 0) is 0 Å². The van der Waals surface area contributed by atoms with Gasteiger partial charge in [0.15, 0.2) is 0 Å². The summed E-state index contributed by atoms with van der Waals surface area (Å²) in [6.45, 7) is 4.37. The van der Waals surface area contributed by atoms with Gasteiger partial charge in [-0.25, -0.2) is 0 Å².